The van der Waals surface area contributed by atoms with Gasteiger partial charge in [0.1, 0.15) is 11.6 Å². The Morgan fingerprint density at radius 3 is 2.92 bits per heavy atom. The van der Waals surface area contributed by atoms with Gasteiger partial charge in [-0.2, -0.15) is 0 Å². The molecule has 3 heterocycles. The molecule has 8 heteroatoms. The maximum atomic E-state index is 11.8. The minimum Gasteiger partial charge on any atom is -0.358 e. The number of rotatable bonds is 5. The minimum atomic E-state index is 0.0242. The van der Waals surface area contributed by atoms with Crippen LogP contribution < -0.4 is 10.6 Å². The highest BCUT2D eigenvalue weighted by Gasteiger charge is 2.28. The van der Waals surface area contributed by atoms with Gasteiger partial charge in [0.25, 0.3) is 0 Å². The molecule has 7 nitrogen and oxygen atoms in total. The van der Waals surface area contributed by atoms with Gasteiger partial charge in [-0.15, -0.1) is 11.3 Å². The number of carbonyl (C=O) groups excluding carboxylic acids is 1. The first-order valence-corrected chi connectivity index (χ1v) is 9.36. The second-order valence-electron chi connectivity index (χ2n) is 6.31. The van der Waals surface area contributed by atoms with Crippen molar-refractivity contribution in [3.63, 3.8) is 0 Å². The van der Waals surface area contributed by atoms with Crippen LogP contribution in [0.1, 0.15) is 41.7 Å². The van der Waals surface area contributed by atoms with E-state index in [9.17, 15) is 4.79 Å². The number of hydrogen-bond acceptors (Lipinski definition) is 7. The number of hydrogen-bond donors (Lipinski definition) is 2. The summed E-state index contributed by atoms with van der Waals surface area (Å²) in [7, 11) is 1.67. The van der Waals surface area contributed by atoms with Crippen molar-refractivity contribution in [3.05, 3.63) is 28.7 Å². The molecule has 2 N–H and O–H groups in total. The number of aromatic nitrogens is 3. The topological polar surface area (TPSA) is 83.0 Å². The van der Waals surface area contributed by atoms with Crippen LogP contribution in [0.5, 0.6) is 0 Å². The van der Waals surface area contributed by atoms with Crippen LogP contribution in [-0.2, 0) is 4.79 Å². The first-order valence-electron chi connectivity index (χ1n) is 8.55. The highest BCUT2D eigenvalue weighted by Crippen LogP contribution is 2.30. The van der Waals surface area contributed by atoms with Crippen LogP contribution in [0.2, 0.25) is 0 Å². The lowest BCUT2D eigenvalue weighted by molar-refractivity contribution is -0.122. The number of nitrogens with zero attached hydrogens (tertiary/aromatic N) is 4. The zero-order valence-electron chi connectivity index (χ0n) is 14.9. The maximum Gasteiger partial charge on any atom is 0.233 e. The van der Waals surface area contributed by atoms with Gasteiger partial charge in [-0.25, -0.2) is 15.0 Å². The van der Waals surface area contributed by atoms with Gasteiger partial charge in [0.05, 0.1) is 12.6 Å². The molecule has 1 atom stereocenters. The first-order chi connectivity index (χ1) is 12.0. The van der Waals surface area contributed by atoms with E-state index in [0.29, 0.717) is 6.54 Å². The zero-order chi connectivity index (χ0) is 17.8. The lowest BCUT2D eigenvalue weighted by Gasteiger charge is -2.34. The molecule has 0 aliphatic carbocycles. The van der Waals surface area contributed by atoms with Gasteiger partial charge in [0.15, 0.2) is 5.13 Å². The molecule has 2 aromatic rings. The second kappa shape index (κ2) is 7.88. The highest BCUT2D eigenvalue weighted by atomic mass is 32.1. The number of thiazole rings is 1. The normalized spacial score (nSPS) is 18.1. The molecule has 0 spiro atoms. The quantitative estimate of drug-likeness (QED) is 0.853. The van der Waals surface area contributed by atoms with E-state index < -0.39 is 0 Å². The minimum absolute atomic E-state index is 0.0242. The number of piperidine rings is 1. The van der Waals surface area contributed by atoms with Crippen LogP contribution in [0.15, 0.2) is 12.3 Å². The van der Waals surface area contributed by atoms with E-state index in [0.717, 1.165) is 53.2 Å². The predicted octanol–water partition coefficient (Wildman–Crippen LogP) is 2.57. The molecule has 1 unspecified atom stereocenters. The van der Waals surface area contributed by atoms with Crippen LogP contribution in [0, 0.1) is 13.8 Å². The molecule has 1 aliphatic rings. The van der Waals surface area contributed by atoms with Gasteiger partial charge in [-0.3, -0.25) is 9.69 Å². The first kappa shape index (κ1) is 17.8. The number of amides is 1. The fraction of sp³-hybridized carbons (Fsp3) is 0.529. The summed E-state index contributed by atoms with van der Waals surface area (Å²) in [4.78, 5) is 28.8. The third kappa shape index (κ3) is 4.52. The van der Waals surface area contributed by atoms with Crippen LogP contribution in [0.4, 0.5) is 10.9 Å². The van der Waals surface area contributed by atoms with E-state index in [4.69, 9.17) is 4.98 Å². The molecule has 1 saturated heterocycles. The van der Waals surface area contributed by atoms with Crippen molar-refractivity contribution in [2.75, 3.05) is 25.5 Å². The Morgan fingerprint density at radius 1 is 1.36 bits per heavy atom. The van der Waals surface area contributed by atoms with Gasteiger partial charge in [-0.05, 0) is 33.2 Å². The third-order valence-electron chi connectivity index (χ3n) is 4.27. The summed E-state index contributed by atoms with van der Waals surface area (Å²) in [6.07, 6.45) is 5.04. The summed E-state index contributed by atoms with van der Waals surface area (Å²) in [5.74, 6) is 1.55. The molecule has 0 radical (unpaired) electrons. The highest BCUT2D eigenvalue weighted by molar-refractivity contribution is 7.15. The predicted molar refractivity (Wildman–Crippen MR) is 99.1 cm³/mol. The van der Waals surface area contributed by atoms with Crippen molar-refractivity contribution >= 4 is 28.2 Å². The standard InChI is InChI=1S/C17H24N6OS/c1-11-8-14(22-17-19-9-12(2)25-17)21-16(20-11)13-6-4-5-7-23(13)10-15(24)18-3/h8-9,13H,4-7,10H2,1-3H3,(H,18,24)(H,19,20,21,22). The number of carbonyl (C=O) groups is 1. The second-order valence-corrected chi connectivity index (χ2v) is 7.54. The Kier molecular flexibility index (Phi) is 5.60. The summed E-state index contributed by atoms with van der Waals surface area (Å²) in [5.41, 5.74) is 0.909. The number of nitrogens with one attached hydrogen (secondary N) is 2. The molecule has 1 fully saturated rings. The van der Waals surface area contributed by atoms with Crippen LogP contribution in [0.3, 0.4) is 0 Å². The molecule has 134 valence electrons. The van der Waals surface area contributed by atoms with Crippen molar-refractivity contribution in [1.82, 2.24) is 25.2 Å². The lowest BCUT2D eigenvalue weighted by Crippen LogP contribution is -2.41. The molecule has 1 aliphatic heterocycles. The summed E-state index contributed by atoms with van der Waals surface area (Å²) in [6.45, 7) is 5.27. The fourth-order valence-electron chi connectivity index (χ4n) is 3.06. The molecule has 0 aromatic carbocycles. The van der Waals surface area contributed by atoms with Crippen LogP contribution in [0.25, 0.3) is 0 Å². The number of aryl methyl sites for hydroxylation is 2. The summed E-state index contributed by atoms with van der Waals surface area (Å²) in [5, 5.41) is 6.80. The SMILES string of the molecule is CNC(=O)CN1CCCCC1c1nc(C)cc(Nc2ncc(C)s2)n1. The van der Waals surface area contributed by atoms with Crippen molar-refractivity contribution in [1.29, 1.82) is 0 Å². The largest absolute Gasteiger partial charge is 0.358 e. The summed E-state index contributed by atoms with van der Waals surface area (Å²) >= 11 is 1.60. The fourth-order valence-corrected chi connectivity index (χ4v) is 3.73. The van der Waals surface area contributed by atoms with Crippen molar-refractivity contribution in [2.45, 2.75) is 39.2 Å². The Morgan fingerprint density at radius 2 is 2.20 bits per heavy atom. The summed E-state index contributed by atoms with van der Waals surface area (Å²) < 4.78 is 0. The molecule has 1 amide bonds. The maximum absolute atomic E-state index is 11.8. The molecule has 2 aromatic heterocycles. The smallest absolute Gasteiger partial charge is 0.233 e. The van der Waals surface area contributed by atoms with Crippen molar-refractivity contribution in [3.8, 4) is 0 Å². The van der Waals surface area contributed by atoms with E-state index in [1.54, 1.807) is 18.4 Å². The lowest BCUT2D eigenvalue weighted by atomic mass is 10.0. The van der Waals surface area contributed by atoms with Crippen molar-refractivity contribution in [2.24, 2.45) is 0 Å². The van der Waals surface area contributed by atoms with Gasteiger partial charge in [-0.1, -0.05) is 6.42 Å². The van der Waals surface area contributed by atoms with Crippen molar-refractivity contribution < 1.29 is 4.79 Å². The van der Waals surface area contributed by atoms with Gasteiger partial charge < -0.3 is 10.6 Å². The molecule has 0 bridgehead atoms. The number of likely N-dealkylation sites (N-methyl/N-ethyl adjacent to an activating group) is 1. The van der Waals surface area contributed by atoms with E-state index >= 15 is 0 Å². The monoisotopic (exact) mass is 360 g/mol. The molecule has 0 saturated carbocycles. The Labute approximate surface area is 151 Å². The Hall–Kier alpha value is -2.06. The van der Waals surface area contributed by atoms with E-state index in [2.05, 4.69) is 25.5 Å². The van der Waals surface area contributed by atoms with E-state index in [1.165, 1.54) is 0 Å². The van der Waals surface area contributed by atoms with Crippen LogP contribution >= 0.6 is 11.3 Å². The average Bonchev–Trinajstić information content (AvgIpc) is 2.99. The zero-order valence-corrected chi connectivity index (χ0v) is 15.7. The third-order valence-corrected chi connectivity index (χ3v) is 5.09. The van der Waals surface area contributed by atoms with E-state index in [1.807, 2.05) is 26.1 Å². The molecule has 3 rings (SSSR count). The van der Waals surface area contributed by atoms with Crippen LogP contribution in [-0.4, -0.2) is 45.9 Å². The molecular formula is C17H24N6OS. The summed E-state index contributed by atoms with van der Waals surface area (Å²) in [6, 6.07) is 2.00. The van der Waals surface area contributed by atoms with Gasteiger partial charge >= 0.3 is 0 Å². The van der Waals surface area contributed by atoms with Gasteiger partial charge in [0, 0.05) is 29.9 Å². The van der Waals surface area contributed by atoms with Gasteiger partial charge in [0.2, 0.25) is 5.91 Å². The molecular weight excluding hydrogens is 336 g/mol. The number of anilines is 2. The number of likely N-dealkylation sites (tertiary alicyclic amines) is 1. The molecule has 25 heavy (non-hydrogen) atoms. The van der Waals surface area contributed by atoms with E-state index in [-0.39, 0.29) is 11.9 Å². The average molecular weight is 360 g/mol. The Balaban J connectivity index is 1.83. The Bertz CT molecular complexity index is 746.